The van der Waals surface area contributed by atoms with Gasteiger partial charge in [0.25, 0.3) is 5.91 Å². The molecule has 3 aromatic rings. The Balaban J connectivity index is 1.89. The maximum Gasteiger partial charge on any atom is 0.255 e. The molecule has 0 saturated carbocycles. The Kier molecular flexibility index (Phi) is 3.59. The smallest absolute Gasteiger partial charge is 0.255 e. The predicted molar refractivity (Wildman–Crippen MR) is 85.9 cm³/mol. The van der Waals surface area contributed by atoms with Crippen molar-refractivity contribution in [3.05, 3.63) is 70.9 Å². The summed E-state index contributed by atoms with van der Waals surface area (Å²) >= 11 is 5.91. The molecule has 3 nitrogen and oxygen atoms in total. The van der Waals surface area contributed by atoms with Crippen molar-refractivity contribution < 1.29 is 4.79 Å². The molecule has 0 radical (unpaired) electrons. The summed E-state index contributed by atoms with van der Waals surface area (Å²) in [4.78, 5) is 16.6. The lowest BCUT2D eigenvalue weighted by Gasteiger charge is -2.09. The summed E-state index contributed by atoms with van der Waals surface area (Å²) < 4.78 is 0. The van der Waals surface area contributed by atoms with Crippen LogP contribution in [0.15, 0.2) is 54.7 Å². The average molecular weight is 297 g/mol. The number of anilines is 1. The van der Waals surface area contributed by atoms with E-state index in [1.54, 1.807) is 30.5 Å². The third-order valence-electron chi connectivity index (χ3n) is 3.30. The fourth-order valence-electron chi connectivity index (χ4n) is 2.17. The highest BCUT2D eigenvalue weighted by Crippen LogP contribution is 2.21. The summed E-state index contributed by atoms with van der Waals surface area (Å²) in [5.74, 6) is -0.159. The number of nitrogens with one attached hydrogen (secondary N) is 1. The highest BCUT2D eigenvalue weighted by atomic mass is 35.5. The number of nitrogens with zero attached hydrogens (tertiary/aromatic N) is 1. The van der Waals surface area contributed by atoms with Crippen LogP contribution in [0.3, 0.4) is 0 Å². The van der Waals surface area contributed by atoms with Gasteiger partial charge in [-0.2, -0.15) is 0 Å². The van der Waals surface area contributed by atoms with E-state index in [-0.39, 0.29) is 5.91 Å². The summed E-state index contributed by atoms with van der Waals surface area (Å²) in [5.41, 5.74) is 3.06. The first-order valence-corrected chi connectivity index (χ1v) is 6.93. The lowest BCUT2D eigenvalue weighted by atomic mass is 10.1. The first-order chi connectivity index (χ1) is 10.1. The van der Waals surface area contributed by atoms with Crippen molar-refractivity contribution in [2.24, 2.45) is 0 Å². The SMILES string of the molecule is Cc1cc(Cl)ccc1NC(=O)c1ccc2cccnc2c1. The minimum atomic E-state index is -0.159. The Bertz CT molecular complexity index is 830. The predicted octanol–water partition coefficient (Wildman–Crippen LogP) is 4.45. The van der Waals surface area contributed by atoms with E-state index in [0.717, 1.165) is 22.2 Å². The summed E-state index contributed by atoms with van der Waals surface area (Å²) in [6.45, 7) is 1.91. The van der Waals surface area contributed by atoms with Crippen molar-refractivity contribution in [1.82, 2.24) is 4.98 Å². The number of benzene rings is 2. The lowest BCUT2D eigenvalue weighted by molar-refractivity contribution is 0.102. The van der Waals surface area contributed by atoms with E-state index in [1.807, 2.05) is 31.2 Å². The van der Waals surface area contributed by atoms with Gasteiger partial charge >= 0.3 is 0 Å². The van der Waals surface area contributed by atoms with Crippen LogP contribution in [0.2, 0.25) is 5.02 Å². The van der Waals surface area contributed by atoms with Crippen LogP contribution in [0.4, 0.5) is 5.69 Å². The van der Waals surface area contributed by atoms with E-state index in [1.165, 1.54) is 0 Å². The number of hydrogen-bond acceptors (Lipinski definition) is 2. The van der Waals surface area contributed by atoms with E-state index in [9.17, 15) is 4.79 Å². The van der Waals surface area contributed by atoms with Crippen molar-refractivity contribution in [3.8, 4) is 0 Å². The number of carbonyl (C=O) groups is 1. The standard InChI is InChI=1S/C17H13ClN2O/c1-11-9-14(18)6-7-15(11)20-17(21)13-5-4-12-3-2-8-19-16(12)10-13/h2-10H,1H3,(H,20,21). The maximum absolute atomic E-state index is 12.3. The quantitative estimate of drug-likeness (QED) is 0.759. The lowest BCUT2D eigenvalue weighted by Crippen LogP contribution is -2.12. The second-order valence-corrected chi connectivity index (χ2v) is 5.26. The van der Waals surface area contributed by atoms with Crippen LogP contribution in [0.25, 0.3) is 10.9 Å². The van der Waals surface area contributed by atoms with Crippen molar-refractivity contribution in [3.63, 3.8) is 0 Å². The zero-order chi connectivity index (χ0) is 14.8. The molecule has 2 aromatic carbocycles. The number of halogens is 1. The van der Waals surface area contributed by atoms with Crippen molar-refractivity contribution >= 4 is 34.1 Å². The molecule has 0 aliphatic rings. The van der Waals surface area contributed by atoms with Gasteiger partial charge < -0.3 is 5.32 Å². The van der Waals surface area contributed by atoms with Gasteiger partial charge in [-0.3, -0.25) is 9.78 Å². The van der Waals surface area contributed by atoms with Crippen molar-refractivity contribution in [2.45, 2.75) is 6.92 Å². The first-order valence-electron chi connectivity index (χ1n) is 6.56. The number of hydrogen-bond donors (Lipinski definition) is 1. The molecule has 0 spiro atoms. The average Bonchev–Trinajstić information content (AvgIpc) is 2.49. The van der Waals surface area contributed by atoms with Crippen molar-refractivity contribution in [1.29, 1.82) is 0 Å². The van der Waals surface area contributed by atoms with Crippen LogP contribution < -0.4 is 5.32 Å². The molecule has 0 atom stereocenters. The molecule has 0 fully saturated rings. The summed E-state index contributed by atoms with van der Waals surface area (Å²) in [5, 5.41) is 4.56. The van der Waals surface area contributed by atoms with Gasteiger partial charge in [-0.25, -0.2) is 0 Å². The molecule has 0 aliphatic carbocycles. The van der Waals surface area contributed by atoms with Gasteiger partial charge in [-0.05, 0) is 48.9 Å². The van der Waals surface area contributed by atoms with E-state index < -0.39 is 0 Å². The molecule has 0 bridgehead atoms. The molecule has 1 amide bonds. The van der Waals surface area contributed by atoms with Gasteiger partial charge in [-0.15, -0.1) is 0 Å². The molecule has 4 heteroatoms. The first kappa shape index (κ1) is 13.6. The fraction of sp³-hybridized carbons (Fsp3) is 0.0588. The minimum absolute atomic E-state index is 0.159. The largest absolute Gasteiger partial charge is 0.322 e. The number of rotatable bonds is 2. The molecule has 0 unspecified atom stereocenters. The van der Waals surface area contributed by atoms with Crippen LogP contribution in [0, 0.1) is 6.92 Å². The number of pyridine rings is 1. The number of aryl methyl sites for hydroxylation is 1. The molecule has 1 N–H and O–H groups in total. The summed E-state index contributed by atoms with van der Waals surface area (Å²) in [6, 6.07) is 14.7. The second-order valence-electron chi connectivity index (χ2n) is 4.82. The monoisotopic (exact) mass is 296 g/mol. The van der Waals surface area contributed by atoms with Gasteiger partial charge in [-0.1, -0.05) is 23.7 Å². The minimum Gasteiger partial charge on any atom is -0.322 e. The third-order valence-corrected chi connectivity index (χ3v) is 3.54. The van der Waals surface area contributed by atoms with Gasteiger partial charge in [0.15, 0.2) is 0 Å². The second kappa shape index (κ2) is 5.54. The molecule has 1 aromatic heterocycles. The Hall–Kier alpha value is -2.39. The highest BCUT2D eigenvalue weighted by Gasteiger charge is 2.09. The molecule has 104 valence electrons. The van der Waals surface area contributed by atoms with Crippen LogP contribution in [0.5, 0.6) is 0 Å². The number of fused-ring (bicyclic) bond motifs is 1. The van der Waals surface area contributed by atoms with Crippen LogP contribution in [-0.4, -0.2) is 10.9 Å². The topological polar surface area (TPSA) is 42.0 Å². The third kappa shape index (κ3) is 2.88. The van der Waals surface area contributed by atoms with E-state index >= 15 is 0 Å². The number of amides is 1. The number of carbonyl (C=O) groups excluding carboxylic acids is 1. The van der Waals surface area contributed by atoms with Crippen LogP contribution >= 0.6 is 11.6 Å². The van der Waals surface area contributed by atoms with Crippen molar-refractivity contribution in [2.75, 3.05) is 5.32 Å². The fourth-order valence-corrected chi connectivity index (χ4v) is 2.40. The summed E-state index contributed by atoms with van der Waals surface area (Å²) in [6.07, 6.45) is 1.72. The Labute approximate surface area is 127 Å². The van der Waals surface area contributed by atoms with Gasteiger partial charge in [0, 0.05) is 27.9 Å². The van der Waals surface area contributed by atoms with Gasteiger partial charge in [0.1, 0.15) is 0 Å². The maximum atomic E-state index is 12.3. The van der Waals surface area contributed by atoms with E-state index in [0.29, 0.717) is 10.6 Å². The molecule has 0 saturated heterocycles. The molecule has 0 aliphatic heterocycles. The van der Waals surface area contributed by atoms with Gasteiger partial charge in [0.05, 0.1) is 5.52 Å². The zero-order valence-corrected chi connectivity index (χ0v) is 12.2. The van der Waals surface area contributed by atoms with Crippen LogP contribution in [-0.2, 0) is 0 Å². The van der Waals surface area contributed by atoms with Crippen LogP contribution in [0.1, 0.15) is 15.9 Å². The van der Waals surface area contributed by atoms with E-state index in [2.05, 4.69) is 10.3 Å². The molecular formula is C17H13ClN2O. The molecule has 1 heterocycles. The molecule has 21 heavy (non-hydrogen) atoms. The molecule has 3 rings (SSSR count). The summed E-state index contributed by atoms with van der Waals surface area (Å²) in [7, 11) is 0. The van der Waals surface area contributed by atoms with Gasteiger partial charge in [0.2, 0.25) is 0 Å². The highest BCUT2D eigenvalue weighted by molar-refractivity contribution is 6.30. The zero-order valence-electron chi connectivity index (χ0n) is 11.4. The van der Waals surface area contributed by atoms with E-state index in [4.69, 9.17) is 11.6 Å². The Morgan fingerprint density at radius 3 is 2.81 bits per heavy atom. The Morgan fingerprint density at radius 1 is 1.14 bits per heavy atom. The Morgan fingerprint density at radius 2 is 2.00 bits per heavy atom. The number of aromatic nitrogens is 1. The molecular weight excluding hydrogens is 284 g/mol. The normalized spacial score (nSPS) is 10.6.